The zero-order valence-corrected chi connectivity index (χ0v) is 14.5. The molecule has 2 aliphatic rings. The predicted molar refractivity (Wildman–Crippen MR) is 91.4 cm³/mol. The third-order valence-electron chi connectivity index (χ3n) is 5.08. The van der Waals surface area contributed by atoms with Crippen molar-refractivity contribution in [1.82, 2.24) is 25.4 Å². The van der Waals surface area contributed by atoms with E-state index in [0.29, 0.717) is 6.54 Å². The van der Waals surface area contributed by atoms with Crippen molar-refractivity contribution in [3.8, 4) is 0 Å². The number of thioether (sulfide) groups is 1. The molecule has 0 radical (unpaired) electrons. The van der Waals surface area contributed by atoms with Gasteiger partial charge >= 0.3 is 0 Å². The third-order valence-corrected chi connectivity index (χ3v) is 5.96. The number of carbonyl (C=O) groups excluding carboxylic acids is 1. The highest BCUT2D eigenvalue weighted by molar-refractivity contribution is 7.99. The van der Waals surface area contributed by atoms with Crippen LogP contribution in [-0.2, 0) is 4.79 Å². The molecule has 2 N–H and O–H groups in total. The first-order chi connectivity index (χ1) is 11.3. The van der Waals surface area contributed by atoms with Crippen molar-refractivity contribution >= 4 is 17.7 Å². The summed E-state index contributed by atoms with van der Waals surface area (Å²) in [5.74, 6) is 1.06. The lowest BCUT2D eigenvalue weighted by atomic mass is 9.78. The summed E-state index contributed by atoms with van der Waals surface area (Å²) in [6.07, 6.45) is 10.9. The van der Waals surface area contributed by atoms with Gasteiger partial charge in [-0.05, 0) is 38.8 Å². The molecule has 23 heavy (non-hydrogen) atoms. The van der Waals surface area contributed by atoms with Crippen LogP contribution < -0.4 is 5.32 Å². The van der Waals surface area contributed by atoms with Crippen LogP contribution in [0.1, 0.15) is 51.4 Å². The summed E-state index contributed by atoms with van der Waals surface area (Å²) in [4.78, 5) is 19.5. The van der Waals surface area contributed by atoms with Gasteiger partial charge in [-0.15, -0.1) is 0 Å². The number of aromatic nitrogens is 3. The Hall–Kier alpha value is -1.08. The zero-order valence-electron chi connectivity index (χ0n) is 13.7. The van der Waals surface area contributed by atoms with E-state index in [1.54, 1.807) is 11.8 Å². The van der Waals surface area contributed by atoms with E-state index in [1.165, 1.54) is 44.9 Å². The van der Waals surface area contributed by atoms with Crippen molar-refractivity contribution in [3.63, 3.8) is 0 Å². The van der Waals surface area contributed by atoms with Gasteiger partial charge in [0.1, 0.15) is 11.9 Å². The average molecular weight is 337 g/mol. The quantitative estimate of drug-likeness (QED) is 0.615. The summed E-state index contributed by atoms with van der Waals surface area (Å²) in [5.41, 5.74) is -0.241. The summed E-state index contributed by atoms with van der Waals surface area (Å²) in [6, 6.07) is 0. The van der Waals surface area contributed by atoms with Gasteiger partial charge < -0.3 is 5.32 Å². The molecule has 1 aliphatic carbocycles. The number of hydrogen-bond acceptors (Lipinski definition) is 5. The maximum atomic E-state index is 13.0. The minimum atomic E-state index is -0.241. The Morgan fingerprint density at radius 2 is 1.96 bits per heavy atom. The molecule has 0 bridgehead atoms. The van der Waals surface area contributed by atoms with E-state index in [2.05, 4.69) is 25.4 Å². The van der Waals surface area contributed by atoms with Crippen LogP contribution in [0, 0.1) is 0 Å². The fraction of sp³-hybridized carbons (Fsp3) is 0.812. The fourth-order valence-corrected chi connectivity index (χ4v) is 4.52. The van der Waals surface area contributed by atoms with Gasteiger partial charge in [-0.2, -0.15) is 5.10 Å². The summed E-state index contributed by atoms with van der Waals surface area (Å²) in [7, 11) is 0. The molecule has 1 aromatic heterocycles. The lowest BCUT2D eigenvalue weighted by molar-refractivity contribution is -0.137. The van der Waals surface area contributed by atoms with Crippen molar-refractivity contribution in [2.24, 2.45) is 0 Å². The third kappa shape index (κ3) is 4.07. The number of nitrogens with zero attached hydrogens (tertiary/aromatic N) is 3. The molecular weight excluding hydrogens is 310 g/mol. The van der Waals surface area contributed by atoms with Crippen molar-refractivity contribution in [2.75, 3.05) is 25.4 Å². The van der Waals surface area contributed by atoms with E-state index < -0.39 is 0 Å². The Kier molecular flexibility index (Phi) is 5.94. The molecule has 0 unspecified atom stereocenters. The molecule has 6 nitrogen and oxygen atoms in total. The van der Waals surface area contributed by atoms with E-state index in [-0.39, 0.29) is 11.4 Å². The number of H-pyrrole nitrogens is 1. The van der Waals surface area contributed by atoms with Gasteiger partial charge in [-0.1, -0.05) is 37.4 Å². The number of likely N-dealkylation sites (tertiary alicyclic amines) is 1. The molecule has 1 amide bonds. The fourth-order valence-electron chi connectivity index (χ4n) is 3.89. The van der Waals surface area contributed by atoms with Gasteiger partial charge in [0.05, 0.1) is 0 Å². The van der Waals surface area contributed by atoms with Crippen LogP contribution >= 0.6 is 11.8 Å². The SMILES string of the molecule is O=C(NCCSc1ncn[nH]1)C1(N2CCCCC2)CCCCC1. The molecule has 0 atom stereocenters. The molecule has 3 rings (SSSR count). The smallest absolute Gasteiger partial charge is 0.240 e. The molecule has 0 aromatic carbocycles. The topological polar surface area (TPSA) is 73.9 Å². The summed E-state index contributed by atoms with van der Waals surface area (Å²) in [5, 5.41) is 10.7. The first kappa shape index (κ1) is 16.8. The molecule has 1 saturated carbocycles. The first-order valence-electron chi connectivity index (χ1n) is 8.83. The van der Waals surface area contributed by atoms with Crippen molar-refractivity contribution in [2.45, 2.75) is 62.1 Å². The van der Waals surface area contributed by atoms with Crippen LogP contribution in [0.3, 0.4) is 0 Å². The maximum absolute atomic E-state index is 13.0. The molecule has 1 saturated heterocycles. The second-order valence-electron chi connectivity index (χ2n) is 6.53. The molecule has 128 valence electrons. The largest absolute Gasteiger partial charge is 0.354 e. The summed E-state index contributed by atoms with van der Waals surface area (Å²) >= 11 is 1.59. The van der Waals surface area contributed by atoms with Gasteiger partial charge in [-0.25, -0.2) is 4.98 Å². The van der Waals surface area contributed by atoms with Crippen LogP contribution in [0.4, 0.5) is 0 Å². The maximum Gasteiger partial charge on any atom is 0.240 e. The Morgan fingerprint density at radius 3 is 2.65 bits per heavy atom. The molecule has 2 heterocycles. The van der Waals surface area contributed by atoms with Crippen molar-refractivity contribution < 1.29 is 4.79 Å². The summed E-state index contributed by atoms with van der Waals surface area (Å²) in [6.45, 7) is 2.85. The minimum absolute atomic E-state index is 0.241. The number of piperidine rings is 1. The van der Waals surface area contributed by atoms with Crippen LogP contribution in [0.15, 0.2) is 11.5 Å². The Balaban J connectivity index is 1.54. The number of carbonyl (C=O) groups is 1. The van der Waals surface area contributed by atoms with Crippen LogP contribution in [0.2, 0.25) is 0 Å². The number of rotatable bonds is 6. The average Bonchev–Trinajstić information content (AvgIpc) is 3.13. The summed E-state index contributed by atoms with van der Waals surface area (Å²) < 4.78 is 0. The van der Waals surface area contributed by atoms with E-state index in [0.717, 1.165) is 36.8 Å². The minimum Gasteiger partial charge on any atom is -0.354 e. The van der Waals surface area contributed by atoms with Crippen LogP contribution in [0.5, 0.6) is 0 Å². The standard InChI is InChI=1S/C16H27N5OS/c22-14(17-9-12-23-15-18-13-19-20-15)16(7-3-1-4-8-16)21-10-5-2-6-11-21/h13H,1-12H2,(H,17,22)(H,18,19,20). The van der Waals surface area contributed by atoms with Gasteiger partial charge in [0.15, 0.2) is 5.16 Å². The van der Waals surface area contributed by atoms with E-state index in [9.17, 15) is 4.79 Å². The molecular formula is C16H27N5OS. The second kappa shape index (κ2) is 8.15. The van der Waals surface area contributed by atoms with Gasteiger partial charge in [-0.3, -0.25) is 14.8 Å². The predicted octanol–water partition coefficient (Wildman–Crippen LogP) is 2.20. The molecule has 1 aromatic rings. The van der Waals surface area contributed by atoms with Crippen molar-refractivity contribution in [1.29, 1.82) is 0 Å². The van der Waals surface area contributed by atoms with E-state index in [1.807, 2.05) is 0 Å². The lowest BCUT2D eigenvalue weighted by Crippen LogP contribution is -2.61. The molecule has 1 aliphatic heterocycles. The number of amides is 1. The number of aromatic amines is 1. The highest BCUT2D eigenvalue weighted by Crippen LogP contribution is 2.35. The van der Waals surface area contributed by atoms with Crippen LogP contribution in [0.25, 0.3) is 0 Å². The van der Waals surface area contributed by atoms with Gasteiger partial charge in [0.25, 0.3) is 0 Å². The van der Waals surface area contributed by atoms with E-state index in [4.69, 9.17) is 0 Å². The Bertz CT molecular complexity index is 481. The highest BCUT2D eigenvalue weighted by Gasteiger charge is 2.44. The van der Waals surface area contributed by atoms with E-state index >= 15 is 0 Å². The highest BCUT2D eigenvalue weighted by atomic mass is 32.2. The Morgan fingerprint density at radius 1 is 1.22 bits per heavy atom. The lowest BCUT2D eigenvalue weighted by Gasteiger charge is -2.46. The van der Waals surface area contributed by atoms with Crippen molar-refractivity contribution in [3.05, 3.63) is 6.33 Å². The Labute approximate surface area is 142 Å². The molecule has 0 spiro atoms. The van der Waals surface area contributed by atoms with Crippen LogP contribution in [-0.4, -0.2) is 56.9 Å². The van der Waals surface area contributed by atoms with Gasteiger partial charge in [0.2, 0.25) is 5.91 Å². The second-order valence-corrected chi connectivity index (χ2v) is 7.62. The number of hydrogen-bond donors (Lipinski definition) is 2. The first-order valence-corrected chi connectivity index (χ1v) is 9.81. The van der Waals surface area contributed by atoms with Gasteiger partial charge in [0, 0.05) is 12.3 Å². The monoisotopic (exact) mass is 337 g/mol. The normalized spacial score (nSPS) is 21.9. The molecule has 2 fully saturated rings. The number of nitrogens with one attached hydrogen (secondary N) is 2. The zero-order chi connectivity index (χ0) is 16.0. The molecule has 7 heteroatoms.